The zero-order valence-electron chi connectivity index (χ0n) is 25.5. The smallest absolute Gasteiger partial charge is 0.247 e. The van der Waals surface area contributed by atoms with Crippen molar-refractivity contribution in [3.05, 3.63) is 64.7 Å². The minimum absolute atomic E-state index is 0.0479. The van der Waals surface area contributed by atoms with Crippen molar-refractivity contribution in [2.24, 2.45) is 5.92 Å². The first kappa shape index (κ1) is 31.8. The Morgan fingerprint density at radius 2 is 1.82 bits per heavy atom. The second-order valence-corrected chi connectivity index (χ2v) is 11.9. The van der Waals surface area contributed by atoms with E-state index in [1.54, 1.807) is 30.2 Å². The Morgan fingerprint density at radius 1 is 1.07 bits per heavy atom. The number of methoxy groups -OCH3 is 2. The molecule has 0 unspecified atom stereocenters. The van der Waals surface area contributed by atoms with Gasteiger partial charge in [-0.15, -0.1) is 0 Å². The summed E-state index contributed by atoms with van der Waals surface area (Å²) in [5.74, 6) is 0.854. The molecule has 3 aliphatic rings. The van der Waals surface area contributed by atoms with E-state index in [1.165, 1.54) is 20.0 Å². The van der Waals surface area contributed by atoms with E-state index in [9.17, 15) is 24.9 Å². The third-order valence-electron chi connectivity index (χ3n) is 9.23. The number of carbonyl (C=O) groups excluding carboxylic acids is 2. The summed E-state index contributed by atoms with van der Waals surface area (Å²) in [7, 11) is 3.11. The van der Waals surface area contributed by atoms with Gasteiger partial charge in [-0.2, -0.15) is 0 Å². The van der Waals surface area contributed by atoms with E-state index in [0.29, 0.717) is 53.5 Å². The van der Waals surface area contributed by atoms with Crippen molar-refractivity contribution in [1.29, 1.82) is 0 Å². The van der Waals surface area contributed by atoms with Crippen LogP contribution in [-0.2, 0) is 22.6 Å². The van der Waals surface area contributed by atoms with Crippen molar-refractivity contribution >= 4 is 11.8 Å². The Morgan fingerprint density at radius 3 is 2.52 bits per heavy atom. The monoisotopic (exact) mass is 608 g/mol. The molecule has 0 saturated heterocycles. The quantitative estimate of drug-likeness (QED) is 0.273. The Labute approximate surface area is 258 Å². The lowest BCUT2D eigenvalue weighted by Crippen LogP contribution is -2.56. The van der Waals surface area contributed by atoms with Crippen LogP contribution in [0.2, 0.25) is 0 Å². The molecule has 44 heavy (non-hydrogen) atoms. The van der Waals surface area contributed by atoms with E-state index < -0.39 is 30.1 Å². The van der Waals surface area contributed by atoms with Crippen LogP contribution in [0.4, 0.5) is 0 Å². The molecule has 238 valence electrons. The maximum atomic E-state index is 14.0. The molecule has 2 aliphatic carbocycles. The molecule has 2 aromatic rings. The number of nitrogens with one attached hydrogen (secondary N) is 1. The Balaban J connectivity index is 1.52. The fraction of sp³-hybridized carbons (Fsp3) is 0.529. The van der Waals surface area contributed by atoms with Gasteiger partial charge in [0.2, 0.25) is 11.8 Å². The highest BCUT2D eigenvalue weighted by molar-refractivity contribution is 5.96. The lowest BCUT2D eigenvalue weighted by molar-refractivity contribution is -0.137. The molecule has 0 radical (unpaired) electrons. The molecule has 1 aliphatic heterocycles. The molecular formula is C34H44N2O8. The zero-order chi connectivity index (χ0) is 31.2. The molecule has 0 bridgehead atoms. The predicted octanol–water partition coefficient (Wildman–Crippen LogP) is 2.86. The zero-order valence-corrected chi connectivity index (χ0v) is 25.5. The van der Waals surface area contributed by atoms with Crippen molar-refractivity contribution in [2.45, 2.75) is 75.7 Å². The minimum atomic E-state index is -1.16. The van der Waals surface area contributed by atoms with Crippen molar-refractivity contribution in [1.82, 2.24) is 10.2 Å². The highest BCUT2D eigenvalue weighted by Gasteiger charge is 2.51. The summed E-state index contributed by atoms with van der Waals surface area (Å²) in [5, 5.41) is 34.0. The highest BCUT2D eigenvalue weighted by atomic mass is 16.5. The van der Waals surface area contributed by atoms with Gasteiger partial charge < -0.3 is 39.7 Å². The summed E-state index contributed by atoms with van der Waals surface area (Å²) in [4.78, 5) is 29.3. The first-order chi connectivity index (χ1) is 21.4. The van der Waals surface area contributed by atoms with E-state index in [2.05, 4.69) is 5.32 Å². The van der Waals surface area contributed by atoms with Gasteiger partial charge in [-0.1, -0.05) is 43.9 Å². The van der Waals surface area contributed by atoms with Gasteiger partial charge in [0, 0.05) is 30.6 Å². The number of ether oxygens (including phenoxy) is 3. The first-order valence-corrected chi connectivity index (χ1v) is 15.6. The Hall–Kier alpha value is -3.60. The van der Waals surface area contributed by atoms with E-state index in [1.807, 2.05) is 24.3 Å². The molecule has 5 rings (SSSR count). The number of hydrogen-bond donors (Lipinski definition) is 4. The van der Waals surface area contributed by atoms with Gasteiger partial charge in [-0.25, -0.2) is 0 Å². The number of amides is 2. The summed E-state index contributed by atoms with van der Waals surface area (Å²) in [6.07, 6.45) is 5.91. The third-order valence-corrected chi connectivity index (χ3v) is 9.23. The lowest BCUT2D eigenvalue weighted by Gasteiger charge is -2.41. The molecule has 0 aromatic heterocycles. The molecule has 1 heterocycles. The van der Waals surface area contributed by atoms with Crippen LogP contribution in [0.25, 0.3) is 0 Å². The van der Waals surface area contributed by atoms with Crippen LogP contribution in [0, 0.1) is 5.92 Å². The van der Waals surface area contributed by atoms with Gasteiger partial charge >= 0.3 is 0 Å². The SMILES string of the molecule is COc1ccccc1CCN(C(=O)CCC1CCCC1)[C@@H]1C=C(C(=O)NCCO)[C@@H]2c3cc(CO)cc(OC)c3O[C@@H]2[C@H]1O. The van der Waals surface area contributed by atoms with Gasteiger partial charge in [0.1, 0.15) is 18.0 Å². The number of aliphatic hydroxyl groups is 3. The van der Waals surface area contributed by atoms with Crippen LogP contribution < -0.4 is 19.5 Å². The predicted molar refractivity (Wildman–Crippen MR) is 164 cm³/mol. The minimum Gasteiger partial charge on any atom is -0.496 e. The number of carbonyl (C=O) groups is 2. The number of para-hydroxylation sites is 1. The van der Waals surface area contributed by atoms with Crippen molar-refractivity contribution in [3.63, 3.8) is 0 Å². The van der Waals surface area contributed by atoms with E-state index >= 15 is 0 Å². The van der Waals surface area contributed by atoms with Crippen LogP contribution in [0.15, 0.2) is 48.0 Å². The Kier molecular flexibility index (Phi) is 10.5. The number of benzene rings is 2. The standard InChI is InChI=1S/C34H44N2O8/c1-42-27-10-6-5-9-23(27)13-15-36(29(39)12-11-21-7-3-4-8-21)26-19-25(34(41)35-14-16-37)30-24-17-22(20-38)18-28(43-2)32(24)44-33(30)31(26)40/h5-6,9-10,17-19,21,26,30-31,33,37-38,40H,3-4,7-8,11-16,20H2,1-2H3,(H,35,41)/t26-,30+,31+,33+/m1/s1. The maximum Gasteiger partial charge on any atom is 0.247 e. The second-order valence-electron chi connectivity index (χ2n) is 11.9. The molecule has 0 spiro atoms. The van der Waals surface area contributed by atoms with Gasteiger partial charge in [-0.3, -0.25) is 9.59 Å². The molecule has 10 nitrogen and oxygen atoms in total. The molecule has 1 fully saturated rings. The van der Waals surface area contributed by atoms with Gasteiger partial charge in [-0.05, 0) is 54.2 Å². The van der Waals surface area contributed by atoms with Crippen molar-refractivity contribution in [2.75, 3.05) is 33.9 Å². The second kappa shape index (κ2) is 14.5. The number of rotatable bonds is 13. The number of fused-ring (bicyclic) bond motifs is 3. The van der Waals surface area contributed by atoms with Gasteiger partial charge in [0.15, 0.2) is 11.5 Å². The molecule has 4 atom stereocenters. The average molecular weight is 609 g/mol. The number of aliphatic hydroxyl groups excluding tert-OH is 3. The first-order valence-electron chi connectivity index (χ1n) is 15.6. The summed E-state index contributed by atoms with van der Waals surface area (Å²) >= 11 is 0. The maximum absolute atomic E-state index is 14.0. The van der Waals surface area contributed by atoms with Gasteiger partial charge in [0.05, 0.1) is 39.4 Å². The van der Waals surface area contributed by atoms with Gasteiger partial charge in [0.25, 0.3) is 0 Å². The van der Waals surface area contributed by atoms with Crippen molar-refractivity contribution in [3.8, 4) is 17.2 Å². The Bertz CT molecular complexity index is 1350. The largest absolute Gasteiger partial charge is 0.496 e. The molecule has 2 amide bonds. The van der Waals surface area contributed by atoms with Crippen LogP contribution in [-0.4, -0.2) is 84.2 Å². The van der Waals surface area contributed by atoms with E-state index in [-0.39, 0.29) is 25.7 Å². The third kappa shape index (κ3) is 6.57. The number of nitrogens with zero attached hydrogens (tertiary/aromatic N) is 1. The lowest BCUT2D eigenvalue weighted by atomic mass is 9.77. The van der Waals surface area contributed by atoms with Crippen LogP contribution in [0.5, 0.6) is 17.2 Å². The molecular weight excluding hydrogens is 564 g/mol. The normalized spacial score (nSPS) is 22.4. The average Bonchev–Trinajstić information content (AvgIpc) is 3.72. The summed E-state index contributed by atoms with van der Waals surface area (Å²) < 4.78 is 17.5. The van der Waals surface area contributed by atoms with Crippen LogP contribution in [0.3, 0.4) is 0 Å². The molecule has 4 N–H and O–H groups in total. The molecule has 1 saturated carbocycles. The topological polar surface area (TPSA) is 138 Å². The summed E-state index contributed by atoms with van der Waals surface area (Å²) in [6.45, 7) is -0.129. The summed E-state index contributed by atoms with van der Waals surface area (Å²) in [6, 6.07) is 10.2. The van der Waals surface area contributed by atoms with Crippen molar-refractivity contribution < 1.29 is 39.1 Å². The molecule has 10 heteroatoms. The molecule has 2 aromatic carbocycles. The fourth-order valence-corrected chi connectivity index (χ4v) is 6.98. The summed E-state index contributed by atoms with van der Waals surface area (Å²) in [5.41, 5.74) is 2.47. The van der Waals surface area contributed by atoms with Crippen LogP contribution in [0.1, 0.15) is 61.1 Å². The van der Waals surface area contributed by atoms with E-state index in [0.717, 1.165) is 30.6 Å². The number of hydrogen-bond acceptors (Lipinski definition) is 8. The highest BCUT2D eigenvalue weighted by Crippen LogP contribution is 2.51. The fourth-order valence-electron chi connectivity index (χ4n) is 6.98. The van der Waals surface area contributed by atoms with E-state index in [4.69, 9.17) is 14.2 Å². The van der Waals surface area contributed by atoms with Crippen LogP contribution >= 0.6 is 0 Å².